The lowest BCUT2D eigenvalue weighted by atomic mass is 9.64. The molecule has 1 heteroatoms. The van der Waals surface area contributed by atoms with E-state index in [0.717, 1.165) is 18.4 Å². The summed E-state index contributed by atoms with van der Waals surface area (Å²) in [4.78, 5) is 4.36. The zero-order chi connectivity index (χ0) is 31.3. The number of pyridine rings is 1. The van der Waals surface area contributed by atoms with Gasteiger partial charge >= 0.3 is 0 Å². The molecule has 0 amide bonds. The van der Waals surface area contributed by atoms with Gasteiger partial charge in [0.1, 0.15) is 0 Å². The van der Waals surface area contributed by atoms with Crippen molar-refractivity contribution in [3.8, 4) is 22.3 Å². The maximum atomic E-state index is 4.36. The summed E-state index contributed by atoms with van der Waals surface area (Å²) in [5.41, 5.74) is 14.5. The second-order valence-electron chi connectivity index (χ2n) is 13.1. The molecule has 0 saturated carbocycles. The van der Waals surface area contributed by atoms with Gasteiger partial charge in [-0.25, -0.2) is 0 Å². The molecule has 1 aromatic heterocycles. The van der Waals surface area contributed by atoms with E-state index in [1.54, 1.807) is 0 Å². The highest BCUT2D eigenvalue weighted by atomic mass is 14.6. The van der Waals surface area contributed by atoms with Crippen LogP contribution in [-0.2, 0) is 0 Å². The van der Waals surface area contributed by atoms with E-state index in [9.17, 15) is 0 Å². The smallest absolute Gasteiger partial charge is 0.0346 e. The van der Waals surface area contributed by atoms with Gasteiger partial charge in [0.15, 0.2) is 0 Å². The summed E-state index contributed by atoms with van der Waals surface area (Å²) in [6, 6.07) is 49.8. The normalized spacial score (nSPS) is 17.1. The zero-order valence-electron chi connectivity index (χ0n) is 26.5. The molecule has 2 atom stereocenters. The first-order valence-corrected chi connectivity index (χ1v) is 16.8. The first-order chi connectivity index (χ1) is 23.2. The van der Waals surface area contributed by atoms with Gasteiger partial charge in [-0.15, -0.1) is 0 Å². The number of hydrogen-bond donors (Lipinski definition) is 0. The average molecular weight is 602 g/mol. The van der Waals surface area contributed by atoms with Crippen molar-refractivity contribution in [1.29, 1.82) is 0 Å². The van der Waals surface area contributed by atoms with Crippen LogP contribution in [0.25, 0.3) is 49.4 Å². The minimum absolute atomic E-state index is 0.321. The van der Waals surface area contributed by atoms with Crippen LogP contribution in [0.15, 0.2) is 164 Å². The maximum absolute atomic E-state index is 4.36. The lowest BCUT2D eigenvalue weighted by molar-refractivity contribution is 0.496. The van der Waals surface area contributed by atoms with E-state index in [1.807, 2.05) is 18.5 Å². The lowest BCUT2D eigenvalue weighted by Crippen LogP contribution is -2.24. The van der Waals surface area contributed by atoms with Crippen molar-refractivity contribution in [3.05, 3.63) is 191 Å². The molecule has 0 fully saturated rings. The van der Waals surface area contributed by atoms with Crippen molar-refractivity contribution in [2.75, 3.05) is 0 Å². The van der Waals surface area contributed by atoms with E-state index in [1.165, 1.54) is 77.2 Å². The van der Waals surface area contributed by atoms with Crippen LogP contribution in [0.2, 0.25) is 0 Å². The number of hydrogen-bond acceptors (Lipinski definition) is 1. The molecule has 2 aliphatic carbocycles. The molecule has 0 aliphatic heterocycles. The number of aryl methyl sites for hydroxylation is 1. The van der Waals surface area contributed by atoms with Crippen LogP contribution >= 0.6 is 0 Å². The summed E-state index contributed by atoms with van der Waals surface area (Å²) in [6.07, 6.45) is 10.9. The Balaban J connectivity index is 1.23. The van der Waals surface area contributed by atoms with Crippen molar-refractivity contribution in [2.45, 2.75) is 25.7 Å². The van der Waals surface area contributed by atoms with E-state index in [4.69, 9.17) is 0 Å². The van der Waals surface area contributed by atoms with E-state index < -0.39 is 0 Å². The Morgan fingerprint density at radius 2 is 1.34 bits per heavy atom. The first-order valence-electron chi connectivity index (χ1n) is 16.8. The van der Waals surface area contributed by atoms with Crippen molar-refractivity contribution in [2.24, 2.45) is 5.92 Å². The number of nitrogens with zero attached hydrogens (tertiary/aromatic N) is 1. The summed E-state index contributed by atoms with van der Waals surface area (Å²) in [5, 5.41) is 5.21. The van der Waals surface area contributed by atoms with Crippen molar-refractivity contribution < 1.29 is 0 Å². The minimum atomic E-state index is 0.321. The van der Waals surface area contributed by atoms with Crippen LogP contribution in [0.4, 0.5) is 0 Å². The second-order valence-corrected chi connectivity index (χ2v) is 13.1. The average Bonchev–Trinajstić information content (AvgIpc) is 3.13. The van der Waals surface area contributed by atoms with Gasteiger partial charge in [-0.2, -0.15) is 0 Å². The highest BCUT2D eigenvalue weighted by molar-refractivity contribution is 6.06. The Hall–Kier alpha value is -5.53. The van der Waals surface area contributed by atoms with E-state index in [0.29, 0.717) is 11.8 Å². The van der Waals surface area contributed by atoms with Gasteiger partial charge in [0.2, 0.25) is 0 Å². The fourth-order valence-corrected chi connectivity index (χ4v) is 8.22. The molecular formula is C46H35N. The molecule has 6 aromatic carbocycles. The first kappa shape index (κ1) is 27.8. The molecular weight excluding hydrogens is 567 g/mol. The van der Waals surface area contributed by atoms with Crippen molar-refractivity contribution >= 4 is 27.1 Å². The summed E-state index contributed by atoms with van der Waals surface area (Å²) in [7, 11) is 0. The SMILES string of the molecule is Cc1ccc2cc(C3c4ccccc4C(c4cccc5c(-c6cccc(-c7cccnc7)c6)cccc45)=C4C=CCCC43)ccc2c1. The number of benzene rings is 6. The number of rotatable bonds is 4. The quantitative estimate of drug-likeness (QED) is 0.196. The summed E-state index contributed by atoms with van der Waals surface area (Å²) in [6.45, 7) is 2.17. The molecule has 1 nitrogen and oxygen atoms in total. The number of allylic oxidation sites excluding steroid dienone is 3. The Morgan fingerprint density at radius 3 is 2.23 bits per heavy atom. The Kier molecular flexibility index (Phi) is 6.71. The third-order valence-electron chi connectivity index (χ3n) is 10.3. The lowest BCUT2D eigenvalue weighted by Gasteiger charge is -2.39. The van der Waals surface area contributed by atoms with Gasteiger partial charge in [-0.3, -0.25) is 4.98 Å². The predicted octanol–water partition coefficient (Wildman–Crippen LogP) is 11.9. The van der Waals surface area contributed by atoms with Crippen molar-refractivity contribution in [3.63, 3.8) is 0 Å². The maximum Gasteiger partial charge on any atom is 0.0346 e. The standard InChI is InChI=1S/C46H35N/c1-30-21-22-33-28-35(24-23-32(33)26-30)45-41-13-2-4-15-43(41)46(44-16-5-3-14-42(44)45)40-20-8-18-38-37(17-7-19-39(38)40)34-11-6-10-31(27-34)36-12-9-25-47-29-36/h2,4-13,15-29,42,45H,3,14H2,1H3. The van der Waals surface area contributed by atoms with E-state index in [2.05, 4.69) is 151 Å². The number of aromatic nitrogens is 1. The molecule has 0 radical (unpaired) electrons. The minimum Gasteiger partial charge on any atom is -0.264 e. The molecule has 0 saturated heterocycles. The van der Waals surface area contributed by atoms with Crippen LogP contribution in [-0.4, -0.2) is 4.98 Å². The van der Waals surface area contributed by atoms with Crippen LogP contribution in [0.5, 0.6) is 0 Å². The van der Waals surface area contributed by atoms with Gasteiger partial charge in [0.05, 0.1) is 0 Å². The van der Waals surface area contributed by atoms with Gasteiger partial charge in [0.25, 0.3) is 0 Å². The molecule has 9 rings (SSSR count). The monoisotopic (exact) mass is 601 g/mol. The van der Waals surface area contributed by atoms with Gasteiger partial charge < -0.3 is 0 Å². The van der Waals surface area contributed by atoms with Gasteiger partial charge in [-0.05, 0) is 109 Å². The van der Waals surface area contributed by atoms with Crippen LogP contribution < -0.4 is 0 Å². The largest absolute Gasteiger partial charge is 0.264 e. The van der Waals surface area contributed by atoms with Crippen LogP contribution in [0, 0.1) is 12.8 Å². The predicted molar refractivity (Wildman–Crippen MR) is 197 cm³/mol. The molecule has 0 spiro atoms. The molecule has 47 heavy (non-hydrogen) atoms. The highest BCUT2D eigenvalue weighted by Gasteiger charge is 2.37. The molecule has 7 aromatic rings. The van der Waals surface area contributed by atoms with Crippen molar-refractivity contribution in [1.82, 2.24) is 4.98 Å². The summed E-state index contributed by atoms with van der Waals surface area (Å²) < 4.78 is 0. The Labute approximate surface area is 276 Å². The molecule has 0 bridgehead atoms. The highest BCUT2D eigenvalue weighted by Crippen LogP contribution is 2.52. The van der Waals surface area contributed by atoms with E-state index >= 15 is 0 Å². The third-order valence-corrected chi connectivity index (χ3v) is 10.3. The second kappa shape index (κ2) is 11.4. The van der Waals surface area contributed by atoms with E-state index in [-0.39, 0.29) is 0 Å². The van der Waals surface area contributed by atoms with Gasteiger partial charge in [-0.1, -0.05) is 139 Å². The fourth-order valence-electron chi connectivity index (χ4n) is 8.22. The molecule has 2 unspecified atom stereocenters. The molecule has 224 valence electrons. The number of fused-ring (bicyclic) bond motifs is 4. The Bertz CT molecular complexity index is 2380. The summed E-state index contributed by atoms with van der Waals surface area (Å²) in [5.74, 6) is 0.740. The fraction of sp³-hybridized carbons (Fsp3) is 0.109. The third kappa shape index (κ3) is 4.73. The van der Waals surface area contributed by atoms with Crippen LogP contribution in [0.3, 0.4) is 0 Å². The van der Waals surface area contributed by atoms with Crippen LogP contribution in [0.1, 0.15) is 46.6 Å². The molecule has 1 heterocycles. The molecule has 2 aliphatic rings. The topological polar surface area (TPSA) is 12.9 Å². The Morgan fingerprint density at radius 1 is 0.596 bits per heavy atom. The molecule has 0 N–H and O–H groups in total. The zero-order valence-corrected chi connectivity index (χ0v) is 26.5. The summed E-state index contributed by atoms with van der Waals surface area (Å²) >= 11 is 0. The van der Waals surface area contributed by atoms with Gasteiger partial charge in [0, 0.05) is 23.9 Å².